The van der Waals surface area contributed by atoms with E-state index in [9.17, 15) is 0 Å². The summed E-state index contributed by atoms with van der Waals surface area (Å²) in [5.74, 6) is 0. The van der Waals surface area contributed by atoms with E-state index in [0.29, 0.717) is 5.25 Å². The third-order valence-corrected chi connectivity index (χ3v) is 2.66. The van der Waals surface area contributed by atoms with Crippen LogP contribution in [0.4, 0.5) is 0 Å². The Balaban J connectivity index is 2.86. The monoisotopic (exact) mass is 151 g/mol. The van der Waals surface area contributed by atoms with Gasteiger partial charge in [0, 0.05) is 5.25 Å². The van der Waals surface area contributed by atoms with Gasteiger partial charge < -0.3 is 5.32 Å². The van der Waals surface area contributed by atoms with E-state index in [1.165, 1.54) is 6.42 Å². The number of hydrogen-bond acceptors (Lipinski definition) is 3. The molecule has 0 rings (SSSR count). The van der Waals surface area contributed by atoms with Gasteiger partial charge in [-0.15, -0.1) is 11.7 Å². The topological polar surface area (TPSA) is 12.0 Å². The molecule has 1 nitrogen and oxygen atoms in total. The van der Waals surface area contributed by atoms with E-state index in [1.807, 2.05) is 7.05 Å². The Morgan fingerprint density at radius 2 is 2.38 bits per heavy atom. The second-order valence-corrected chi connectivity index (χ2v) is 3.46. The second-order valence-electron chi connectivity index (χ2n) is 1.81. The van der Waals surface area contributed by atoms with E-state index < -0.39 is 0 Å². The Labute approximate surface area is 60.4 Å². The molecule has 0 saturated carbocycles. The van der Waals surface area contributed by atoms with Crippen molar-refractivity contribution in [2.45, 2.75) is 18.6 Å². The molecular weight excluding hydrogens is 138 g/mol. The third kappa shape index (κ3) is 4.81. The highest BCUT2D eigenvalue weighted by molar-refractivity contribution is 8.68. The van der Waals surface area contributed by atoms with Gasteiger partial charge in [0.25, 0.3) is 0 Å². The molecule has 0 heterocycles. The zero-order valence-corrected chi connectivity index (χ0v) is 7.06. The van der Waals surface area contributed by atoms with Gasteiger partial charge in [-0.05, 0) is 20.0 Å². The molecule has 0 radical (unpaired) electrons. The van der Waals surface area contributed by atoms with E-state index in [2.05, 4.69) is 23.9 Å². The zero-order chi connectivity index (χ0) is 6.41. The highest BCUT2D eigenvalue weighted by atomic mass is 33.1. The summed E-state index contributed by atoms with van der Waals surface area (Å²) in [6.07, 6.45) is 1.20. The summed E-state index contributed by atoms with van der Waals surface area (Å²) >= 11 is 4.08. The molecule has 0 aliphatic heterocycles. The minimum atomic E-state index is 0.672. The molecule has 1 unspecified atom stereocenters. The number of thiol groups is 1. The van der Waals surface area contributed by atoms with E-state index in [4.69, 9.17) is 0 Å². The summed E-state index contributed by atoms with van der Waals surface area (Å²) in [7, 11) is 3.59. The lowest BCUT2D eigenvalue weighted by Gasteiger charge is -2.04. The van der Waals surface area contributed by atoms with Gasteiger partial charge in [-0.1, -0.05) is 17.7 Å². The first-order valence-electron chi connectivity index (χ1n) is 2.76. The van der Waals surface area contributed by atoms with Crippen molar-refractivity contribution in [1.29, 1.82) is 0 Å². The summed E-state index contributed by atoms with van der Waals surface area (Å²) in [6.45, 7) is 3.27. The van der Waals surface area contributed by atoms with Crippen molar-refractivity contribution >= 4 is 22.5 Å². The van der Waals surface area contributed by atoms with Crippen LogP contribution >= 0.6 is 22.5 Å². The van der Waals surface area contributed by atoms with Crippen LogP contribution in [-0.2, 0) is 0 Å². The highest BCUT2D eigenvalue weighted by Gasteiger charge is 1.95. The predicted octanol–water partition coefficient (Wildman–Crippen LogP) is 1.56. The van der Waals surface area contributed by atoms with Crippen LogP contribution in [0, 0.1) is 0 Å². The van der Waals surface area contributed by atoms with Crippen LogP contribution in [0.15, 0.2) is 0 Å². The molecule has 50 valence electrons. The average molecular weight is 151 g/mol. The standard InChI is InChI=1S/C5H13NS2/c1-5(8-7)3-4-6-2/h5-7H,3-4H2,1-2H3. The summed E-state index contributed by atoms with van der Waals surface area (Å²) in [5, 5.41) is 3.76. The Bertz CT molecular complexity index is 49.7. The van der Waals surface area contributed by atoms with Crippen molar-refractivity contribution < 1.29 is 0 Å². The molecule has 3 heteroatoms. The highest BCUT2D eigenvalue weighted by Crippen LogP contribution is 2.16. The molecule has 1 atom stereocenters. The predicted molar refractivity (Wildman–Crippen MR) is 44.6 cm³/mol. The molecule has 0 spiro atoms. The Morgan fingerprint density at radius 3 is 2.75 bits per heavy atom. The number of rotatable bonds is 4. The normalized spacial score (nSPS) is 13.9. The fraction of sp³-hybridized carbons (Fsp3) is 1.00. The smallest absolute Gasteiger partial charge is 0.0132 e. The van der Waals surface area contributed by atoms with Crippen molar-refractivity contribution in [3.8, 4) is 0 Å². The molecule has 0 aromatic carbocycles. The Hall–Kier alpha value is 0.660. The van der Waals surface area contributed by atoms with Gasteiger partial charge in [0.05, 0.1) is 0 Å². The van der Waals surface area contributed by atoms with E-state index in [0.717, 1.165) is 6.54 Å². The van der Waals surface area contributed by atoms with Crippen LogP contribution < -0.4 is 5.32 Å². The van der Waals surface area contributed by atoms with Gasteiger partial charge in [0.2, 0.25) is 0 Å². The van der Waals surface area contributed by atoms with Crippen molar-refractivity contribution in [2.75, 3.05) is 13.6 Å². The summed E-state index contributed by atoms with van der Waals surface area (Å²) in [6, 6.07) is 0. The third-order valence-electron chi connectivity index (χ3n) is 0.981. The summed E-state index contributed by atoms with van der Waals surface area (Å²) in [5.41, 5.74) is 0. The fourth-order valence-electron chi connectivity index (χ4n) is 0.400. The molecule has 0 aromatic rings. The summed E-state index contributed by atoms with van der Waals surface area (Å²) in [4.78, 5) is 0. The molecule has 0 aromatic heterocycles. The minimum Gasteiger partial charge on any atom is -0.320 e. The molecular formula is C5H13NS2. The van der Waals surface area contributed by atoms with Crippen LogP contribution in [0.5, 0.6) is 0 Å². The molecule has 0 bridgehead atoms. The van der Waals surface area contributed by atoms with E-state index >= 15 is 0 Å². The quantitative estimate of drug-likeness (QED) is 0.467. The first-order chi connectivity index (χ1) is 3.81. The maximum absolute atomic E-state index is 4.08. The van der Waals surface area contributed by atoms with Crippen LogP contribution in [0.3, 0.4) is 0 Å². The lowest BCUT2D eigenvalue weighted by atomic mass is 10.3. The SMILES string of the molecule is CNCCC(C)SS. The van der Waals surface area contributed by atoms with Gasteiger partial charge in [-0.3, -0.25) is 0 Å². The molecule has 0 saturated heterocycles. The van der Waals surface area contributed by atoms with Crippen LogP contribution in [0.2, 0.25) is 0 Å². The maximum atomic E-state index is 4.08. The molecule has 0 aliphatic rings. The fourth-order valence-corrected chi connectivity index (χ4v) is 0.940. The summed E-state index contributed by atoms with van der Waals surface area (Å²) < 4.78 is 0. The number of hydrogen-bond donors (Lipinski definition) is 2. The second kappa shape index (κ2) is 5.79. The Morgan fingerprint density at radius 1 is 1.75 bits per heavy atom. The van der Waals surface area contributed by atoms with Crippen molar-refractivity contribution in [2.24, 2.45) is 0 Å². The first kappa shape index (κ1) is 8.66. The molecule has 0 fully saturated rings. The average Bonchev–Trinajstić information content (AvgIpc) is 1.83. The van der Waals surface area contributed by atoms with Gasteiger partial charge in [0.15, 0.2) is 0 Å². The van der Waals surface area contributed by atoms with Crippen LogP contribution in [0.1, 0.15) is 13.3 Å². The lowest BCUT2D eigenvalue weighted by Crippen LogP contribution is -2.11. The van der Waals surface area contributed by atoms with E-state index in [-0.39, 0.29) is 0 Å². The van der Waals surface area contributed by atoms with Crippen molar-refractivity contribution in [1.82, 2.24) is 5.32 Å². The van der Waals surface area contributed by atoms with Gasteiger partial charge in [-0.25, -0.2) is 0 Å². The van der Waals surface area contributed by atoms with E-state index in [1.54, 1.807) is 10.8 Å². The molecule has 0 aliphatic carbocycles. The number of nitrogens with one attached hydrogen (secondary N) is 1. The zero-order valence-electron chi connectivity index (χ0n) is 5.35. The van der Waals surface area contributed by atoms with Crippen LogP contribution in [0.25, 0.3) is 0 Å². The van der Waals surface area contributed by atoms with Crippen molar-refractivity contribution in [3.63, 3.8) is 0 Å². The van der Waals surface area contributed by atoms with Gasteiger partial charge >= 0.3 is 0 Å². The molecule has 8 heavy (non-hydrogen) atoms. The Kier molecular flexibility index (Phi) is 6.27. The largest absolute Gasteiger partial charge is 0.320 e. The molecule has 1 N–H and O–H groups in total. The minimum absolute atomic E-state index is 0.672. The maximum Gasteiger partial charge on any atom is 0.0132 e. The molecule has 0 amide bonds. The van der Waals surface area contributed by atoms with Crippen LogP contribution in [-0.4, -0.2) is 18.8 Å². The lowest BCUT2D eigenvalue weighted by molar-refractivity contribution is 0.723. The van der Waals surface area contributed by atoms with Crippen molar-refractivity contribution in [3.05, 3.63) is 0 Å². The van der Waals surface area contributed by atoms with Gasteiger partial charge in [-0.2, -0.15) is 0 Å². The van der Waals surface area contributed by atoms with Gasteiger partial charge in [0.1, 0.15) is 0 Å². The first-order valence-corrected chi connectivity index (χ1v) is 4.69.